The molecule has 0 spiro atoms. The molecule has 1 aliphatic carbocycles. The highest BCUT2D eigenvalue weighted by Crippen LogP contribution is 2.12. The van der Waals surface area contributed by atoms with Crippen LogP contribution in [0.4, 0.5) is 5.95 Å². The molecule has 0 saturated carbocycles. The van der Waals surface area contributed by atoms with Crippen molar-refractivity contribution >= 4 is 12.2 Å². The summed E-state index contributed by atoms with van der Waals surface area (Å²) in [4.78, 5) is 26.7. The van der Waals surface area contributed by atoms with Crippen molar-refractivity contribution in [1.29, 1.82) is 0 Å². The summed E-state index contributed by atoms with van der Waals surface area (Å²) in [7, 11) is 0. The normalized spacial score (nSPS) is 11.2. The first-order valence-electron chi connectivity index (χ1n) is 12.1. The van der Waals surface area contributed by atoms with E-state index in [2.05, 4.69) is 70.7 Å². The number of aromatic nitrogens is 8. The van der Waals surface area contributed by atoms with Gasteiger partial charge in [0, 0.05) is 43.1 Å². The molecule has 0 bridgehead atoms. The molecule has 1 aliphatic rings. The number of nitrogens with one attached hydrogen (secondary N) is 2. The molecule has 0 radical (unpaired) electrons. The summed E-state index contributed by atoms with van der Waals surface area (Å²) in [5, 5.41) is 13.5. The van der Waals surface area contributed by atoms with E-state index in [1.54, 1.807) is 30.6 Å². The van der Waals surface area contributed by atoms with E-state index in [0.29, 0.717) is 17.2 Å². The number of aromatic amines is 2. The minimum atomic E-state index is 0.232. The highest BCUT2D eigenvalue weighted by molar-refractivity contribution is 5.77. The maximum Gasteiger partial charge on any atom is 0.239 e. The molecule has 5 aromatic rings. The number of benzene rings is 1. The van der Waals surface area contributed by atoms with Crippen molar-refractivity contribution in [2.45, 2.75) is 12.8 Å². The van der Waals surface area contributed by atoms with E-state index in [4.69, 9.17) is 5.73 Å². The monoisotopic (exact) mass is 516 g/mol. The van der Waals surface area contributed by atoms with E-state index < -0.39 is 0 Å². The molecule has 0 aliphatic heterocycles. The molecule has 192 valence electrons. The van der Waals surface area contributed by atoms with E-state index in [1.165, 1.54) is 5.56 Å². The number of anilines is 1. The molecule has 1 aromatic carbocycles. The zero-order valence-corrected chi connectivity index (χ0v) is 21.0. The average molecular weight is 517 g/mol. The smallest absolute Gasteiger partial charge is 0.239 e. The lowest BCUT2D eigenvalue weighted by Gasteiger charge is -1.97. The first-order valence-corrected chi connectivity index (χ1v) is 12.1. The first kappa shape index (κ1) is 26.5. The fourth-order valence-electron chi connectivity index (χ4n) is 3.30. The fourth-order valence-corrected chi connectivity index (χ4v) is 3.30. The zero-order chi connectivity index (χ0) is 27.1. The van der Waals surface area contributed by atoms with Crippen molar-refractivity contribution in [3.05, 3.63) is 126 Å². The number of carbonyl (C=O) groups is 1. The van der Waals surface area contributed by atoms with Gasteiger partial charge in [-0.15, -0.1) is 5.10 Å². The van der Waals surface area contributed by atoms with Gasteiger partial charge in [0.25, 0.3) is 0 Å². The second-order valence-corrected chi connectivity index (χ2v) is 8.00. The lowest BCUT2D eigenvalue weighted by Crippen LogP contribution is -1.93. The van der Waals surface area contributed by atoms with Crippen LogP contribution in [0.15, 0.2) is 109 Å². The van der Waals surface area contributed by atoms with Crippen molar-refractivity contribution in [1.82, 2.24) is 40.3 Å². The van der Waals surface area contributed by atoms with Gasteiger partial charge in [-0.25, -0.2) is 9.78 Å². The fraction of sp³-hybridized carbons (Fsp3) is 0.0690. The summed E-state index contributed by atoms with van der Waals surface area (Å²) < 4.78 is 0. The van der Waals surface area contributed by atoms with Gasteiger partial charge < -0.3 is 5.73 Å². The number of aryl methyl sites for hydroxylation is 2. The van der Waals surface area contributed by atoms with Gasteiger partial charge in [-0.2, -0.15) is 10.1 Å². The maximum atomic E-state index is 9.98. The first-order chi connectivity index (χ1) is 19.2. The topological polar surface area (TPSA) is 152 Å². The molecule has 0 saturated heterocycles. The van der Waals surface area contributed by atoms with Crippen LogP contribution in [0.25, 0.3) is 23.0 Å². The molecule has 10 heteroatoms. The molecular weight excluding hydrogens is 490 g/mol. The number of hydrogen-bond donors (Lipinski definition) is 3. The van der Waals surface area contributed by atoms with Gasteiger partial charge in [0.2, 0.25) is 12.2 Å². The van der Waals surface area contributed by atoms with Crippen molar-refractivity contribution in [3.63, 3.8) is 0 Å². The molecule has 4 N–H and O–H groups in total. The van der Waals surface area contributed by atoms with Gasteiger partial charge >= 0.3 is 0 Å². The van der Waals surface area contributed by atoms with Crippen LogP contribution in [0, 0.1) is 6.08 Å². The molecule has 39 heavy (non-hydrogen) atoms. The Balaban J connectivity index is 0.000000150. The Morgan fingerprint density at radius 1 is 0.795 bits per heavy atom. The standard InChI is InChI=1S/C15H14N4.C7H7N5.C7H5O/c1-2-6-12(7-3-1)9-10-14-17-15(19-18-14)13-8-4-5-11-16-13;8-7-10-6(11-12-7)5-3-1-2-4-9-5;8-6-7-4-2-1-3-5-7/h1-8,11H,9-10H2,(H,17,18,19);1-4H,(H3,8,10,11,12);1-4,6H/q;;+1. The Morgan fingerprint density at radius 3 is 2.13 bits per heavy atom. The van der Waals surface area contributed by atoms with E-state index >= 15 is 0 Å². The van der Waals surface area contributed by atoms with Crippen molar-refractivity contribution in [3.8, 4) is 23.0 Å². The largest absolute Gasteiger partial charge is 0.366 e. The van der Waals surface area contributed by atoms with Crippen LogP contribution in [0.5, 0.6) is 0 Å². The Morgan fingerprint density at radius 2 is 1.54 bits per heavy atom. The minimum absolute atomic E-state index is 0.232. The van der Waals surface area contributed by atoms with Crippen molar-refractivity contribution < 1.29 is 4.79 Å². The second-order valence-electron chi connectivity index (χ2n) is 8.00. The van der Waals surface area contributed by atoms with E-state index in [-0.39, 0.29) is 5.95 Å². The van der Waals surface area contributed by atoms with Crippen LogP contribution in [0.2, 0.25) is 0 Å². The number of allylic oxidation sites excluding steroid dienone is 6. The van der Waals surface area contributed by atoms with Crippen LogP contribution < -0.4 is 5.73 Å². The van der Waals surface area contributed by atoms with Gasteiger partial charge in [0.1, 0.15) is 17.2 Å². The molecule has 0 amide bonds. The van der Waals surface area contributed by atoms with Gasteiger partial charge in [-0.05, 0) is 36.2 Å². The quantitative estimate of drug-likeness (QED) is 0.225. The maximum absolute atomic E-state index is 9.98. The number of nitrogens with two attached hydrogens (primary N) is 1. The van der Waals surface area contributed by atoms with E-state index in [0.717, 1.165) is 36.3 Å². The van der Waals surface area contributed by atoms with Crippen LogP contribution in [-0.2, 0) is 17.6 Å². The SMILES string of the molecule is Nc1n[nH]c(-c2ccccn2)n1.O=CC1=CC=CC=[C+]1.c1ccc(CCc2nc(-c3ccccn3)n[nH]2)cc1. The highest BCUT2D eigenvalue weighted by atomic mass is 16.1. The summed E-state index contributed by atoms with van der Waals surface area (Å²) in [6.07, 6.45) is 15.8. The van der Waals surface area contributed by atoms with Crippen molar-refractivity contribution in [2.24, 2.45) is 0 Å². The molecule has 10 nitrogen and oxygen atoms in total. The predicted octanol–water partition coefficient (Wildman–Crippen LogP) is 4.14. The summed E-state index contributed by atoms with van der Waals surface area (Å²) in [6.45, 7) is 0. The summed E-state index contributed by atoms with van der Waals surface area (Å²) in [5.74, 6) is 2.37. The Kier molecular flexibility index (Phi) is 9.65. The molecule has 0 atom stereocenters. The van der Waals surface area contributed by atoms with Crippen LogP contribution >= 0.6 is 0 Å². The minimum Gasteiger partial charge on any atom is -0.366 e. The Bertz CT molecular complexity index is 1520. The lowest BCUT2D eigenvalue weighted by atomic mass is 10.1. The van der Waals surface area contributed by atoms with Crippen LogP contribution in [-0.4, -0.2) is 46.6 Å². The molecule has 0 fully saturated rings. The van der Waals surface area contributed by atoms with Gasteiger partial charge in [-0.3, -0.25) is 20.2 Å². The van der Waals surface area contributed by atoms with Gasteiger partial charge in [0.05, 0.1) is 6.08 Å². The van der Waals surface area contributed by atoms with E-state index in [1.807, 2.05) is 48.5 Å². The second kappa shape index (κ2) is 14.2. The molecule has 4 aromatic heterocycles. The summed E-state index contributed by atoms with van der Waals surface area (Å²) >= 11 is 0. The lowest BCUT2D eigenvalue weighted by molar-refractivity contribution is -0.104. The number of nitrogens with zero attached hydrogens (tertiary/aromatic N) is 6. The number of carbonyl (C=O) groups excluding carboxylic acids is 1. The van der Waals surface area contributed by atoms with Gasteiger partial charge in [-0.1, -0.05) is 42.5 Å². The number of nitrogen functional groups attached to an aromatic ring is 1. The number of pyridine rings is 2. The van der Waals surface area contributed by atoms with Crippen LogP contribution in [0.3, 0.4) is 0 Å². The number of hydrogen-bond acceptors (Lipinski definition) is 8. The van der Waals surface area contributed by atoms with Crippen molar-refractivity contribution in [2.75, 3.05) is 5.73 Å². The van der Waals surface area contributed by atoms with Crippen LogP contribution in [0.1, 0.15) is 11.4 Å². The number of rotatable bonds is 6. The van der Waals surface area contributed by atoms with Gasteiger partial charge in [0.15, 0.2) is 17.2 Å². The third kappa shape index (κ3) is 8.49. The molecule has 6 rings (SSSR count). The third-order valence-electron chi connectivity index (χ3n) is 5.19. The predicted molar refractivity (Wildman–Crippen MR) is 149 cm³/mol. The molecular formula is C29H26N9O+. The average Bonchev–Trinajstić information content (AvgIpc) is 3.68. The third-order valence-corrected chi connectivity index (χ3v) is 5.19. The summed E-state index contributed by atoms with van der Waals surface area (Å²) in [5.41, 5.74) is 8.78. The number of H-pyrrole nitrogens is 2. The Labute approximate surface area is 225 Å². The highest BCUT2D eigenvalue weighted by Gasteiger charge is 2.06. The molecule has 4 heterocycles. The number of aldehydes is 1. The summed E-state index contributed by atoms with van der Waals surface area (Å²) in [6, 6.07) is 21.6. The Hall–Kier alpha value is -5.60. The zero-order valence-electron chi connectivity index (χ0n) is 21.0. The van der Waals surface area contributed by atoms with E-state index in [9.17, 15) is 4.79 Å². The molecule has 0 unspecified atom stereocenters.